The number of aromatic nitrogens is 2. The van der Waals surface area contributed by atoms with Crippen LogP contribution in [-0.2, 0) is 10.0 Å². The molecule has 6 nitrogen and oxygen atoms in total. The quantitative estimate of drug-likeness (QED) is 0.705. The van der Waals surface area contributed by atoms with Gasteiger partial charge in [-0.25, -0.2) is 0 Å². The third-order valence-corrected chi connectivity index (χ3v) is 4.51. The fourth-order valence-corrected chi connectivity index (χ4v) is 3.27. The molecule has 1 heterocycles. The fraction of sp³-hybridized carbons (Fsp3) is 0.0625. The zero-order valence-electron chi connectivity index (χ0n) is 12.2. The lowest BCUT2D eigenvalue weighted by atomic mass is 10.3. The van der Waals surface area contributed by atoms with E-state index in [4.69, 9.17) is 4.74 Å². The Balaban J connectivity index is 1.98. The summed E-state index contributed by atoms with van der Waals surface area (Å²) in [4.78, 5) is 3.72. The second-order valence-electron chi connectivity index (χ2n) is 4.76. The predicted octanol–water partition coefficient (Wildman–Crippen LogP) is 2.53. The Morgan fingerprint density at radius 1 is 1.17 bits per heavy atom. The van der Waals surface area contributed by atoms with Crippen molar-refractivity contribution in [3.8, 4) is 5.75 Å². The van der Waals surface area contributed by atoms with Crippen LogP contribution in [0.4, 0.5) is 0 Å². The van der Waals surface area contributed by atoms with Gasteiger partial charge < -0.3 is 4.74 Å². The van der Waals surface area contributed by atoms with Crippen molar-refractivity contribution in [1.82, 2.24) is 9.89 Å². The normalized spacial score (nSPS) is 11.3. The standard InChI is InChI=1S/C16H15N3O3S/c1-2-11-22-15-9-5-6-10-16(15)23(20,21)18-19-14-8-4-3-7-13(14)12-17-19/h2-10,12,18H,1,11H2. The van der Waals surface area contributed by atoms with E-state index in [1.807, 2.05) is 18.2 Å². The maximum Gasteiger partial charge on any atom is 0.280 e. The first-order valence-corrected chi connectivity index (χ1v) is 8.38. The molecule has 0 aliphatic rings. The number of sulfonamides is 1. The third kappa shape index (κ3) is 3.04. The highest BCUT2D eigenvalue weighted by molar-refractivity contribution is 7.92. The number of fused-ring (bicyclic) bond motifs is 1. The zero-order chi connectivity index (χ0) is 16.3. The molecule has 2 aromatic carbocycles. The molecule has 0 fully saturated rings. The van der Waals surface area contributed by atoms with E-state index in [1.54, 1.807) is 36.5 Å². The second kappa shape index (κ2) is 6.13. The first kappa shape index (κ1) is 15.1. The van der Waals surface area contributed by atoms with Gasteiger partial charge in [0.2, 0.25) is 0 Å². The van der Waals surface area contributed by atoms with Crippen LogP contribution in [0.25, 0.3) is 10.9 Å². The summed E-state index contributed by atoms with van der Waals surface area (Å²) in [6.45, 7) is 3.78. The molecule has 0 amide bonds. The summed E-state index contributed by atoms with van der Waals surface area (Å²) in [6, 6.07) is 13.7. The molecule has 1 aromatic heterocycles. The Hall–Kier alpha value is -2.80. The number of benzene rings is 2. The molecule has 0 radical (unpaired) electrons. The topological polar surface area (TPSA) is 73.2 Å². The Kier molecular flexibility index (Phi) is 4.03. The van der Waals surface area contributed by atoms with Gasteiger partial charge in [0, 0.05) is 5.39 Å². The van der Waals surface area contributed by atoms with E-state index >= 15 is 0 Å². The van der Waals surface area contributed by atoms with Crippen LogP contribution < -0.4 is 9.57 Å². The van der Waals surface area contributed by atoms with Crippen molar-refractivity contribution in [2.75, 3.05) is 11.4 Å². The van der Waals surface area contributed by atoms with Crippen molar-refractivity contribution in [1.29, 1.82) is 0 Å². The summed E-state index contributed by atoms with van der Waals surface area (Å²) >= 11 is 0. The van der Waals surface area contributed by atoms with Crippen LogP contribution in [0, 0.1) is 0 Å². The lowest BCUT2D eigenvalue weighted by Crippen LogP contribution is -2.24. The van der Waals surface area contributed by atoms with Gasteiger partial charge in [0.15, 0.2) is 0 Å². The summed E-state index contributed by atoms with van der Waals surface area (Å²) in [5.74, 6) is 0.261. The van der Waals surface area contributed by atoms with Gasteiger partial charge in [-0.05, 0) is 18.2 Å². The van der Waals surface area contributed by atoms with Gasteiger partial charge in [-0.15, -0.1) is 0 Å². The number of nitrogens with zero attached hydrogens (tertiary/aromatic N) is 2. The molecule has 118 valence electrons. The van der Waals surface area contributed by atoms with E-state index in [0.29, 0.717) is 5.52 Å². The number of para-hydroxylation sites is 2. The Morgan fingerprint density at radius 3 is 2.74 bits per heavy atom. The number of nitrogens with one attached hydrogen (secondary N) is 1. The molecule has 0 aliphatic heterocycles. The summed E-state index contributed by atoms with van der Waals surface area (Å²) < 4.78 is 30.7. The van der Waals surface area contributed by atoms with Crippen molar-refractivity contribution in [3.63, 3.8) is 0 Å². The van der Waals surface area contributed by atoms with Gasteiger partial charge in [-0.1, -0.05) is 43.0 Å². The van der Waals surface area contributed by atoms with E-state index < -0.39 is 10.0 Å². The molecule has 0 spiro atoms. The number of hydrogen-bond donors (Lipinski definition) is 1. The minimum atomic E-state index is -3.84. The summed E-state index contributed by atoms with van der Waals surface area (Å²) in [5.41, 5.74) is 0.667. The summed E-state index contributed by atoms with van der Waals surface area (Å²) in [6.07, 6.45) is 3.15. The molecule has 0 aliphatic carbocycles. The Bertz CT molecular complexity index is 948. The van der Waals surface area contributed by atoms with E-state index in [2.05, 4.69) is 16.5 Å². The Labute approximate surface area is 134 Å². The molecule has 1 N–H and O–H groups in total. The lowest BCUT2D eigenvalue weighted by Gasteiger charge is -2.12. The molecule has 3 aromatic rings. The van der Waals surface area contributed by atoms with E-state index in [1.165, 1.54) is 10.9 Å². The maximum atomic E-state index is 12.6. The van der Waals surface area contributed by atoms with Crippen LogP contribution >= 0.6 is 0 Å². The minimum Gasteiger partial charge on any atom is -0.488 e. The van der Waals surface area contributed by atoms with E-state index in [-0.39, 0.29) is 17.3 Å². The van der Waals surface area contributed by atoms with Gasteiger partial charge >= 0.3 is 0 Å². The van der Waals surface area contributed by atoms with Crippen molar-refractivity contribution in [2.24, 2.45) is 0 Å². The molecule has 0 atom stereocenters. The molecule has 0 saturated carbocycles. The molecule has 0 saturated heterocycles. The summed E-state index contributed by atoms with van der Waals surface area (Å²) in [7, 11) is -3.84. The molecule has 0 unspecified atom stereocenters. The van der Waals surface area contributed by atoms with Crippen molar-refractivity contribution < 1.29 is 13.2 Å². The third-order valence-electron chi connectivity index (χ3n) is 3.18. The molecule has 3 rings (SSSR count). The van der Waals surface area contributed by atoms with Crippen LogP contribution in [0.1, 0.15) is 0 Å². The number of hydrogen-bond acceptors (Lipinski definition) is 4. The smallest absolute Gasteiger partial charge is 0.280 e. The van der Waals surface area contributed by atoms with Crippen LogP contribution in [0.3, 0.4) is 0 Å². The highest BCUT2D eigenvalue weighted by Crippen LogP contribution is 2.24. The Morgan fingerprint density at radius 2 is 1.91 bits per heavy atom. The zero-order valence-corrected chi connectivity index (χ0v) is 13.0. The molecular formula is C16H15N3O3S. The van der Waals surface area contributed by atoms with Crippen molar-refractivity contribution in [2.45, 2.75) is 4.90 Å². The van der Waals surface area contributed by atoms with Crippen LogP contribution in [-0.4, -0.2) is 24.9 Å². The van der Waals surface area contributed by atoms with Crippen LogP contribution in [0.5, 0.6) is 5.75 Å². The van der Waals surface area contributed by atoms with Gasteiger partial charge in [0.1, 0.15) is 17.3 Å². The fourth-order valence-electron chi connectivity index (χ4n) is 2.15. The highest BCUT2D eigenvalue weighted by Gasteiger charge is 2.20. The maximum absolute atomic E-state index is 12.6. The van der Waals surface area contributed by atoms with E-state index in [9.17, 15) is 8.42 Å². The minimum absolute atomic E-state index is 0.0430. The van der Waals surface area contributed by atoms with Gasteiger partial charge in [-0.2, -0.15) is 23.1 Å². The number of rotatable bonds is 6. The largest absolute Gasteiger partial charge is 0.488 e. The lowest BCUT2D eigenvalue weighted by molar-refractivity contribution is 0.353. The van der Waals surface area contributed by atoms with Crippen LogP contribution in [0.15, 0.2) is 72.3 Å². The summed E-state index contributed by atoms with van der Waals surface area (Å²) in [5, 5.41) is 4.91. The SMILES string of the molecule is C=CCOc1ccccc1S(=O)(=O)Nn1ncc2ccccc21. The molecule has 23 heavy (non-hydrogen) atoms. The van der Waals surface area contributed by atoms with Crippen molar-refractivity contribution >= 4 is 20.9 Å². The first-order chi connectivity index (χ1) is 11.1. The van der Waals surface area contributed by atoms with Gasteiger partial charge in [0.05, 0.1) is 11.7 Å². The molecular weight excluding hydrogens is 314 g/mol. The monoisotopic (exact) mass is 329 g/mol. The molecule has 0 bridgehead atoms. The van der Waals surface area contributed by atoms with E-state index in [0.717, 1.165) is 5.39 Å². The second-order valence-corrected chi connectivity index (χ2v) is 6.39. The first-order valence-electron chi connectivity index (χ1n) is 6.90. The van der Waals surface area contributed by atoms with Gasteiger partial charge in [-0.3, -0.25) is 0 Å². The van der Waals surface area contributed by atoms with Crippen molar-refractivity contribution in [3.05, 3.63) is 67.4 Å². The average molecular weight is 329 g/mol. The highest BCUT2D eigenvalue weighted by atomic mass is 32.2. The molecule has 7 heteroatoms. The number of ether oxygens (including phenoxy) is 1. The predicted molar refractivity (Wildman–Crippen MR) is 88.4 cm³/mol. The average Bonchev–Trinajstić information content (AvgIpc) is 2.96. The van der Waals surface area contributed by atoms with Crippen LogP contribution in [0.2, 0.25) is 0 Å². The van der Waals surface area contributed by atoms with Gasteiger partial charge in [0.25, 0.3) is 10.0 Å².